The number of aryl methyl sites for hydroxylation is 1. The maximum atomic E-state index is 12.0. The van der Waals surface area contributed by atoms with Gasteiger partial charge in [0, 0.05) is 18.3 Å². The molecule has 1 N–H and O–H groups in total. The van der Waals surface area contributed by atoms with Gasteiger partial charge in [-0.05, 0) is 37.1 Å². The van der Waals surface area contributed by atoms with Crippen LogP contribution in [0.25, 0.3) is 0 Å². The number of amides is 1. The molecule has 6 nitrogen and oxygen atoms in total. The molecule has 1 heterocycles. The molecule has 0 bridgehead atoms. The number of aromatic nitrogens is 1. The summed E-state index contributed by atoms with van der Waals surface area (Å²) < 4.78 is 11.9. The molecule has 0 saturated carbocycles. The minimum Gasteiger partial charge on any atom is -0.493 e. The average Bonchev–Trinajstić information content (AvgIpc) is 2.58. The van der Waals surface area contributed by atoms with Crippen molar-refractivity contribution in [2.75, 3.05) is 20.8 Å². The van der Waals surface area contributed by atoms with E-state index in [1.165, 1.54) is 10.6 Å². The first-order valence-electron chi connectivity index (χ1n) is 7.69. The topological polar surface area (TPSA) is 69.6 Å². The van der Waals surface area contributed by atoms with Gasteiger partial charge in [0.25, 0.3) is 5.56 Å². The standard InChI is InChI=1S/C18H22N2O4/c1-13-5-4-6-18(22)20(13)12-17(21)19-10-9-14-7-8-15(23-2)16(11-14)24-3/h4-8,11H,9-10,12H2,1-3H3,(H,19,21). The second kappa shape index (κ2) is 8.19. The summed E-state index contributed by atoms with van der Waals surface area (Å²) in [6, 6.07) is 10.6. The van der Waals surface area contributed by atoms with Gasteiger partial charge < -0.3 is 19.4 Å². The Hall–Kier alpha value is -2.76. The number of pyridine rings is 1. The Labute approximate surface area is 141 Å². The van der Waals surface area contributed by atoms with Crippen molar-refractivity contribution in [3.8, 4) is 11.5 Å². The van der Waals surface area contributed by atoms with E-state index in [1.54, 1.807) is 33.3 Å². The van der Waals surface area contributed by atoms with Crippen LogP contribution in [0.2, 0.25) is 0 Å². The number of rotatable bonds is 7. The van der Waals surface area contributed by atoms with E-state index in [9.17, 15) is 9.59 Å². The average molecular weight is 330 g/mol. The van der Waals surface area contributed by atoms with Gasteiger partial charge in [0.1, 0.15) is 6.54 Å². The van der Waals surface area contributed by atoms with E-state index >= 15 is 0 Å². The first-order valence-corrected chi connectivity index (χ1v) is 7.69. The molecule has 0 radical (unpaired) electrons. The second-order valence-corrected chi connectivity index (χ2v) is 5.38. The van der Waals surface area contributed by atoms with Gasteiger partial charge >= 0.3 is 0 Å². The summed E-state index contributed by atoms with van der Waals surface area (Å²) in [5, 5.41) is 2.83. The molecule has 0 unspecified atom stereocenters. The monoisotopic (exact) mass is 330 g/mol. The van der Waals surface area contributed by atoms with Crippen LogP contribution in [0.5, 0.6) is 11.5 Å². The third-order valence-electron chi connectivity index (χ3n) is 3.75. The number of hydrogen-bond acceptors (Lipinski definition) is 4. The quantitative estimate of drug-likeness (QED) is 0.836. The van der Waals surface area contributed by atoms with Crippen LogP contribution in [0, 0.1) is 6.92 Å². The fraction of sp³-hybridized carbons (Fsp3) is 0.333. The third kappa shape index (κ3) is 4.38. The molecule has 1 amide bonds. The number of hydrogen-bond donors (Lipinski definition) is 1. The zero-order valence-electron chi connectivity index (χ0n) is 14.2. The Kier molecular flexibility index (Phi) is 6.01. The summed E-state index contributed by atoms with van der Waals surface area (Å²) in [6.07, 6.45) is 0.661. The number of nitrogens with one attached hydrogen (secondary N) is 1. The smallest absolute Gasteiger partial charge is 0.251 e. The summed E-state index contributed by atoms with van der Waals surface area (Å²) >= 11 is 0. The van der Waals surface area contributed by atoms with E-state index < -0.39 is 0 Å². The fourth-order valence-corrected chi connectivity index (χ4v) is 2.41. The molecule has 128 valence electrons. The Balaban J connectivity index is 1.90. The molecule has 1 aromatic carbocycles. The molecule has 2 aromatic rings. The predicted molar refractivity (Wildman–Crippen MR) is 91.7 cm³/mol. The van der Waals surface area contributed by atoms with Crippen LogP contribution in [-0.4, -0.2) is 31.2 Å². The maximum Gasteiger partial charge on any atom is 0.251 e. The van der Waals surface area contributed by atoms with E-state index in [4.69, 9.17) is 9.47 Å². The van der Waals surface area contributed by atoms with Gasteiger partial charge in [0.05, 0.1) is 14.2 Å². The fourth-order valence-electron chi connectivity index (χ4n) is 2.41. The largest absolute Gasteiger partial charge is 0.493 e. The minimum absolute atomic E-state index is 0.0252. The predicted octanol–water partition coefficient (Wildman–Crippen LogP) is 1.53. The molecule has 2 rings (SSSR count). The van der Waals surface area contributed by atoms with Gasteiger partial charge in [0.15, 0.2) is 11.5 Å². The number of methoxy groups -OCH3 is 2. The minimum atomic E-state index is -0.188. The lowest BCUT2D eigenvalue weighted by Gasteiger charge is -2.11. The highest BCUT2D eigenvalue weighted by Gasteiger charge is 2.07. The van der Waals surface area contributed by atoms with E-state index in [0.29, 0.717) is 24.5 Å². The van der Waals surface area contributed by atoms with E-state index in [1.807, 2.05) is 18.2 Å². The van der Waals surface area contributed by atoms with Crippen molar-refractivity contribution in [3.63, 3.8) is 0 Å². The molecule has 0 saturated heterocycles. The van der Waals surface area contributed by atoms with Crippen molar-refractivity contribution >= 4 is 5.91 Å². The number of nitrogens with zero attached hydrogens (tertiary/aromatic N) is 1. The first kappa shape index (κ1) is 17.6. The second-order valence-electron chi connectivity index (χ2n) is 5.38. The molecule has 0 fully saturated rings. The zero-order chi connectivity index (χ0) is 17.5. The van der Waals surface area contributed by atoms with E-state index in [0.717, 1.165) is 11.3 Å². The number of ether oxygens (including phenoxy) is 2. The van der Waals surface area contributed by atoms with Crippen LogP contribution in [0.3, 0.4) is 0 Å². The van der Waals surface area contributed by atoms with Crippen molar-refractivity contribution in [2.45, 2.75) is 19.9 Å². The molecule has 0 aliphatic heterocycles. The van der Waals surface area contributed by atoms with Crippen LogP contribution in [0.4, 0.5) is 0 Å². The lowest BCUT2D eigenvalue weighted by atomic mass is 10.1. The van der Waals surface area contributed by atoms with Crippen LogP contribution in [0.15, 0.2) is 41.2 Å². The summed E-state index contributed by atoms with van der Waals surface area (Å²) in [7, 11) is 3.18. The third-order valence-corrected chi connectivity index (χ3v) is 3.75. The number of carbonyl (C=O) groups is 1. The molecular weight excluding hydrogens is 308 g/mol. The van der Waals surface area contributed by atoms with E-state index in [2.05, 4.69) is 5.32 Å². The van der Waals surface area contributed by atoms with Crippen molar-refractivity contribution in [2.24, 2.45) is 0 Å². The van der Waals surface area contributed by atoms with Crippen LogP contribution in [-0.2, 0) is 17.8 Å². The lowest BCUT2D eigenvalue weighted by Crippen LogP contribution is -2.34. The SMILES string of the molecule is COc1ccc(CCNC(=O)Cn2c(C)cccc2=O)cc1OC. The van der Waals surface area contributed by atoms with Crippen molar-refractivity contribution in [1.82, 2.24) is 9.88 Å². The summed E-state index contributed by atoms with van der Waals surface area (Å²) in [5.74, 6) is 1.14. The van der Waals surface area contributed by atoms with Gasteiger partial charge in [0.2, 0.25) is 5.91 Å². The lowest BCUT2D eigenvalue weighted by molar-refractivity contribution is -0.121. The van der Waals surface area contributed by atoms with Gasteiger partial charge in [-0.3, -0.25) is 9.59 Å². The zero-order valence-corrected chi connectivity index (χ0v) is 14.2. The van der Waals surface area contributed by atoms with Crippen molar-refractivity contribution in [3.05, 3.63) is 58.0 Å². The summed E-state index contributed by atoms with van der Waals surface area (Å²) in [6.45, 7) is 2.31. The summed E-state index contributed by atoms with van der Waals surface area (Å²) in [4.78, 5) is 23.8. The molecule has 6 heteroatoms. The molecule has 0 atom stereocenters. The Morgan fingerprint density at radius 1 is 1.12 bits per heavy atom. The highest BCUT2D eigenvalue weighted by atomic mass is 16.5. The van der Waals surface area contributed by atoms with Crippen molar-refractivity contribution in [1.29, 1.82) is 0 Å². The molecular formula is C18H22N2O4. The van der Waals surface area contributed by atoms with Crippen LogP contribution in [0.1, 0.15) is 11.3 Å². The highest BCUT2D eigenvalue weighted by Crippen LogP contribution is 2.27. The number of carbonyl (C=O) groups excluding carboxylic acids is 1. The normalized spacial score (nSPS) is 10.3. The van der Waals surface area contributed by atoms with E-state index in [-0.39, 0.29) is 18.0 Å². The first-order chi connectivity index (χ1) is 11.5. The molecule has 0 aliphatic carbocycles. The Morgan fingerprint density at radius 2 is 1.88 bits per heavy atom. The Bertz CT molecular complexity index is 768. The van der Waals surface area contributed by atoms with Crippen LogP contribution < -0.4 is 20.3 Å². The van der Waals surface area contributed by atoms with Gasteiger partial charge in [-0.15, -0.1) is 0 Å². The molecule has 24 heavy (non-hydrogen) atoms. The van der Waals surface area contributed by atoms with Gasteiger partial charge in [-0.2, -0.15) is 0 Å². The van der Waals surface area contributed by atoms with Gasteiger partial charge in [-0.1, -0.05) is 12.1 Å². The van der Waals surface area contributed by atoms with Crippen LogP contribution >= 0.6 is 0 Å². The molecule has 1 aromatic heterocycles. The molecule has 0 aliphatic rings. The highest BCUT2D eigenvalue weighted by molar-refractivity contribution is 5.75. The summed E-state index contributed by atoms with van der Waals surface area (Å²) in [5.41, 5.74) is 1.61. The van der Waals surface area contributed by atoms with Gasteiger partial charge in [-0.25, -0.2) is 0 Å². The number of benzene rings is 1. The van der Waals surface area contributed by atoms with Crippen molar-refractivity contribution < 1.29 is 14.3 Å². The Morgan fingerprint density at radius 3 is 2.54 bits per heavy atom. The molecule has 0 spiro atoms. The maximum absolute atomic E-state index is 12.0.